The number of carbonyl (C=O) groups excluding carboxylic acids is 1. The van der Waals surface area contributed by atoms with Gasteiger partial charge in [0.2, 0.25) is 0 Å². The Morgan fingerprint density at radius 1 is 1.40 bits per heavy atom. The average Bonchev–Trinajstić information content (AvgIpc) is 2.26. The Morgan fingerprint density at radius 2 is 2.07 bits per heavy atom. The molecular weight excluding hydrogens is 200 g/mol. The van der Waals surface area contributed by atoms with Crippen molar-refractivity contribution in [2.45, 2.75) is 6.61 Å². The fourth-order valence-electron chi connectivity index (χ4n) is 1.21. The lowest BCUT2D eigenvalue weighted by Gasteiger charge is -2.10. The van der Waals surface area contributed by atoms with Crippen LogP contribution >= 0.6 is 0 Å². The van der Waals surface area contributed by atoms with Crippen molar-refractivity contribution in [3.63, 3.8) is 0 Å². The number of rotatable bonds is 3. The van der Waals surface area contributed by atoms with Crippen LogP contribution in [0.25, 0.3) is 0 Å². The largest absolute Gasteiger partial charge is 0.507 e. The van der Waals surface area contributed by atoms with E-state index in [1.165, 1.54) is 26.4 Å². The van der Waals surface area contributed by atoms with Gasteiger partial charge in [0, 0.05) is 0 Å². The van der Waals surface area contributed by atoms with Gasteiger partial charge in [-0.3, -0.25) is 0 Å². The van der Waals surface area contributed by atoms with Crippen LogP contribution in [0.4, 0.5) is 0 Å². The summed E-state index contributed by atoms with van der Waals surface area (Å²) in [5.74, 6) is -0.525. The van der Waals surface area contributed by atoms with E-state index >= 15 is 0 Å². The number of esters is 1. The number of hydrogen-bond donors (Lipinski definition) is 2. The number of methoxy groups -OCH3 is 2. The Labute approximate surface area is 86.9 Å². The normalized spacial score (nSPS) is 9.80. The van der Waals surface area contributed by atoms with Crippen LogP contribution in [-0.2, 0) is 11.3 Å². The van der Waals surface area contributed by atoms with E-state index in [1.807, 2.05) is 0 Å². The molecule has 15 heavy (non-hydrogen) atoms. The van der Waals surface area contributed by atoms with Crippen LogP contribution in [-0.4, -0.2) is 30.4 Å². The number of hydrogen-bond acceptors (Lipinski definition) is 5. The van der Waals surface area contributed by atoms with Crippen molar-refractivity contribution < 1.29 is 24.5 Å². The van der Waals surface area contributed by atoms with Gasteiger partial charge in [0.05, 0.1) is 32.0 Å². The predicted octanol–water partition coefficient (Wildman–Crippen LogP) is 0.680. The van der Waals surface area contributed by atoms with E-state index in [-0.39, 0.29) is 29.2 Å². The van der Waals surface area contributed by atoms with Crippen LogP contribution in [0.5, 0.6) is 11.5 Å². The molecule has 0 unspecified atom stereocenters. The number of aliphatic hydroxyl groups excluding tert-OH is 1. The lowest BCUT2D eigenvalue weighted by atomic mass is 10.1. The molecule has 5 heteroatoms. The lowest BCUT2D eigenvalue weighted by Crippen LogP contribution is -2.03. The zero-order chi connectivity index (χ0) is 11.4. The summed E-state index contributed by atoms with van der Waals surface area (Å²) in [7, 11) is 2.63. The summed E-state index contributed by atoms with van der Waals surface area (Å²) in [6, 6.07) is 2.62. The molecule has 0 bridgehead atoms. The van der Waals surface area contributed by atoms with E-state index < -0.39 is 5.97 Å². The first kappa shape index (κ1) is 11.3. The smallest absolute Gasteiger partial charge is 0.338 e. The fourth-order valence-corrected chi connectivity index (χ4v) is 1.21. The van der Waals surface area contributed by atoms with Crippen molar-refractivity contribution in [1.82, 2.24) is 0 Å². The summed E-state index contributed by atoms with van der Waals surface area (Å²) in [6.45, 7) is -0.365. The van der Waals surface area contributed by atoms with E-state index in [2.05, 4.69) is 4.74 Å². The van der Waals surface area contributed by atoms with Gasteiger partial charge in [-0.25, -0.2) is 4.79 Å². The van der Waals surface area contributed by atoms with Crippen molar-refractivity contribution in [2.24, 2.45) is 0 Å². The number of carbonyl (C=O) groups is 1. The highest BCUT2D eigenvalue weighted by atomic mass is 16.5. The molecular formula is C10H12O5. The molecule has 0 aliphatic carbocycles. The Hall–Kier alpha value is -1.75. The fraction of sp³-hybridized carbons (Fsp3) is 0.300. The first-order chi connectivity index (χ1) is 7.13. The number of ether oxygens (including phenoxy) is 2. The molecule has 0 amide bonds. The maximum Gasteiger partial charge on any atom is 0.338 e. The van der Waals surface area contributed by atoms with E-state index in [4.69, 9.17) is 9.84 Å². The zero-order valence-electron chi connectivity index (χ0n) is 8.48. The second-order valence-electron chi connectivity index (χ2n) is 2.83. The Kier molecular flexibility index (Phi) is 3.51. The molecule has 2 N–H and O–H groups in total. The molecule has 82 valence electrons. The minimum atomic E-state index is -0.576. The zero-order valence-corrected chi connectivity index (χ0v) is 8.48. The Morgan fingerprint density at radius 3 is 2.53 bits per heavy atom. The molecule has 0 atom stereocenters. The van der Waals surface area contributed by atoms with Gasteiger partial charge < -0.3 is 19.7 Å². The lowest BCUT2D eigenvalue weighted by molar-refractivity contribution is 0.0599. The molecule has 0 heterocycles. The molecule has 5 nitrogen and oxygen atoms in total. The molecule has 0 aliphatic heterocycles. The highest BCUT2D eigenvalue weighted by molar-refractivity contribution is 5.90. The first-order valence-electron chi connectivity index (χ1n) is 4.23. The Bertz CT molecular complexity index is 372. The summed E-state index contributed by atoms with van der Waals surface area (Å²) in [6.07, 6.45) is 0. The summed E-state index contributed by atoms with van der Waals surface area (Å²) >= 11 is 0. The molecule has 0 fully saturated rings. The van der Waals surface area contributed by atoms with E-state index in [1.54, 1.807) is 0 Å². The summed E-state index contributed by atoms with van der Waals surface area (Å²) in [5.41, 5.74) is 0.411. The van der Waals surface area contributed by atoms with Gasteiger partial charge in [0.1, 0.15) is 11.5 Å². The van der Waals surface area contributed by atoms with Crippen LogP contribution in [0.3, 0.4) is 0 Å². The molecule has 0 saturated heterocycles. The predicted molar refractivity (Wildman–Crippen MR) is 51.9 cm³/mol. The average molecular weight is 212 g/mol. The second kappa shape index (κ2) is 4.65. The first-order valence-corrected chi connectivity index (χ1v) is 4.23. The molecule has 1 aromatic carbocycles. The van der Waals surface area contributed by atoms with Crippen molar-refractivity contribution in [3.8, 4) is 11.5 Å². The highest BCUT2D eigenvalue weighted by Gasteiger charge is 2.14. The number of aliphatic hydroxyl groups is 1. The summed E-state index contributed by atoms with van der Waals surface area (Å²) in [5, 5.41) is 18.5. The van der Waals surface area contributed by atoms with E-state index in [9.17, 15) is 9.90 Å². The van der Waals surface area contributed by atoms with Gasteiger partial charge in [0.15, 0.2) is 0 Å². The van der Waals surface area contributed by atoms with E-state index in [0.717, 1.165) is 0 Å². The summed E-state index contributed by atoms with van der Waals surface area (Å²) in [4.78, 5) is 11.2. The molecule has 0 aromatic heterocycles. The maximum atomic E-state index is 11.2. The van der Waals surface area contributed by atoms with Crippen LogP contribution in [0.15, 0.2) is 12.1 Å². The van der Waals surface area contributed by atoms with E-state index in [0.29, 0.717) is 0 Å². The van der Waals surface area contributed by atoms with Gasteiger partial charge >= 0.3 is 5.97 Å². The molecule has 0 radical (unpaired) electrons. The van der Waals surface area contributed by atoms with Gasteiger partial charge in [-0.05, 0) is 12.1 Å². The van der Waals surface area contributed by atoms with Crippen LogP contribution in [0.1, 0.15) is 15.9 Å². The third kappa shape index (κ3) is 2.19. The van der Waals surface area contributed by atoms with Gasteiger partial charge in [-0.15, -0.1) is 0 Å². The molecule has 0 aliphatic rings. The third-order valence-electron chi connectivity index (χ3n) is 1.98. The van der Waals surface area contributed by atoms with Gasteiger partial charge in [-0.2, -0.15) is 0 Å². The molecule has 0 spiro atoms. The van der Waals surface area contributed by atoms with Crippen LogP contribution < -0.4 is 4.74 Å². The Balaban J connectivity index is 3.25. The van der Waals surface area contributed by atoms with Gasteiger partial charge in [0.25, 0.3) is 0 Å². The minimum absolute atomic E-state index is 0.170. The standard InChI is InChI=1S/C10H12O5/c1-14-9-4-6(10(13)15-2)3-8(12)7(9)5-11/h3-4,11-12H,5H2,1-2H3. The van der Waals surface area contributed by atoms with Crippen molar-refractivity contribution in [3.05, 3.63) is 23.3 Å². The van der Waals surface area contributed by atoms with Crippen molar-refractivity contribution in [2.75, 3.05) is 14.2 Å². The third-order valence-corrected chi connectivity index (χ3v) is 1.98. The van der Waals surface area contributed by atoms with Gasteiger partial charge in [-0.1, -0.05) is 0 Å². The molecule has 1 rings (SSSR count). The maximum absolute atomic E-state index is 11.2. The molecule has 0 saturated carbocycles. The van der Waals surface area contributed by atoms with Crippen molar-refractivity contribution >= 4 is 5.97 Å². The quantitative estimate of drug-likeness (QED) is 0.720. The molecule has 1 aromatic rings. The topological polar surface area (TPSA) is 76.0 Å². The number of aromatic hydroxyl groups is 1. The van der Waals surface area contributed by atoms with Crippen LogP contribution in [0, 0.1) is 0 Å². The SMILES string of the molecule is COC(=O)c1cc(O)c(CO)c(OC)c1. The second-order valence-corrected chi connectivity index (χ2v) is 2.83. The number of phenols is 1. The summed E-state index contributed by atoms with van der Waals surface area (Å²) < 4.78 is 9.42. The van der Waals surface area contributed by atoms with Crippen molar-refractivity contribution in [1.29, 1.82) is 0 Å². The highest BCUT2D eigenvalue weighted by Crippen LogP contribution is 2.29. The minimum Gasteiger partial charge on any atom is -0.507 e. The monoisotopic (exact) mass is 212 g/mol. The number of benzene rings is 1. The van der Waals surface area contributed by atoms with Crippen LogP contribution in [0.2, 0.25) is 0 Å².